The van der Waals surface area contributed by atoms with Gasteiger partial charge in [0.05, 0.1) is 5.60 Å². The molecule has 2 fully saturated rings. The number of pyridine rings is 1. The van der Waals surface area contributed by atoms with Gasteiger partial charge in [0, 0.05) is 25.0 Å². The van der Waals surface area contributed by atoms with Crippen LogP contribution in [0.3, 0.4) is 0 Å². The molecule has 1 aliphatic heterocycles. The summed E-state index contributed by atoms with van der Waals surface area (Å²) >= 11 is 0. The topological polar surface area (TPSA) is 34.2 Å². The van der Waals surface area contributed by atoms with Crippen LogP contribution in [0, 0.1) is 0 Å². The van der Waals surface area contributed by atoms with E-state index in [-0.39, 0.29) is 5.60 Å². The van der Waals surface area contributed by atoms with Crippen molar-refractivity contribution in [2.24, 2.45) is 0 Å². The Hall–Kier alpha value is -0.930. The Morgan fingerprint density at radius 3 is 3.11 bits per heavy atom. The van der Waals surface area contributed by atoms with Gasteiger partial charge in [-0.2, -0.15) is 0 Å². The highest BCUT2D eigenvalue weighted by molar-refractivity contribution is 5.08. The second kappa shape index (κ2) is 5.37. The Balaban J connectivity index is 1.43. The summed E-state index contributed by atoms with van der Waals surface area (Å²) in [6, 6.07) is 4.80. The van der Waals surface area contributed by atoms with Gasteiger partial charge < -0.3 is 10.1 Å². The van der Waals surface area contributed by atoms with Crippen LogP contribution >= 0.6 is 0 Å². The molecule has 1 aromatic heterocycles. The zero-order valence-electron chi connectivity index (χ0n) is 10.9. The summed E-state index contributed by atoms with van der Waals surface area (Å²) in [5.74, 6) is 0. The van der Waals surface area contributed by atoms with Crippen molar-refractivity contribution in [1.82, 2.24) is 10.3 Å². The van der Waals surface area contributed by atoms with E-state index in [2.05, 4.69) is 16.4 Å². The first-order valence-corrected chi connectivity index (χ1v) is 7.13. The smallest absolute Gasteiger partial charge is 0.0697 e. The molecule has 1 aliphatic carbocycles. The summed E-state index contributed by atoms with van der Waals surface area (Å²) in [5.41, 5.74) is 1.57. The van der Waals surface area contributed by atoms with Gasteiger partial charge in [-0.05, 0) is 56.7 Å². The molecule has 0 bridgehead atoms. The van der Waals surface area contributed by atoms with Crippen LogP contribution in [0.2, 0.25) is 0 Å². The largest absolute Gasteiger partial charge is 0.375 e. The molecular weight excluding hydrogens is 224 g/mol. The van der Waals surface area contributed by atoms with E-state index in [4.69, 9.17) is 4.74 Å². The van der Waals surface area contributed by atoms with Gasteiger partial charge in [0.15, 0.2) is 0 Å². The average molecular weight is 246 g/mol. The second-order valence-electron chi connectivity index (χ2n) is 5.64. The van der Waals surface area contributed by atoms with Crippen molar-refractivity contribution in [3.05, 3.63) is 30.1 Å². The number of hydrogen-bond acceptors (Lipinski definition) is 3. The number of aromatic nitrogens is 1. The summed E-state index contributed by atoms with van der Waals surface area (Å²) < 4.78 is 5.95. The maximum atomic E-state index is 5.95. The van der Waals surface area contributed by atoms with Crippen LogP contribution in [0.25, 0.3) is 0 Å². The predicted octanol–water partition coefficient (Wildman–Crippen LogP) is 2.32. The third-order valence-corrected chi connectivity index (χ3v) is 4.33. The molecule has 3 rings (SSSR count). The van der Waals surface area contributed by atoms with Crippen LogP contribution in [0.4, 0.5) is 0 Å². The standard InChI is InChI=1S/C15H22N2O/c1-3-13(12-16-8-1)4-9-17-14-5-10-18-15(11-14)6-2-7-15/h1,3,8,12,14,17H,2,4-7,9-11H2. The molecule has 1 atom stereocenters. The van der Waals surface area contributed by atoms with Gasteiger partial charge in [0.2, 0.25) is 0 Å². The molecule has 1 spiro atoms. The first-order chi connectivity index (χ1) is 8.86. The van der Waals surface area contributed by atoms with Crippen LogP contribution in [-0.2, 0) is 11.2 Å². The molecule has 3 heteroatoms. The summed E-state index contributed by atoms with van der Waals surface area (Å²) in [6.07, 6.45) is 11.1. The minimum absolute atomic E-state index is 0.254. The van der Waals surface area contributed by atoms with Crippen LogP contribution in [0.15, 0.2) is 24.5 Å². The van der Waals surface area contributed by atoms with Crippen LogP contribution < -0.4 is 5.32 Å². The molecule has 1 saturated carbocycles. The first-order valence-electron chi connectivity index (χ1n) is 7.13. The van der Waals surface area contributed by atoms with E-state index in [1.165, 1.54) is 31.2 Å². The molecule has 0 radical (unpaired) electrons. The Morgan fingerprint density at radius 1 is 1.44 bits per heavy atom. The Bertz CT molecular complexity index is 375. The number of nitrogens with one attached hydrogen (secondary N) is 1. The third-order valence-electron chi connectivity index (χ3n) is 4.33. The van der Waals surface area contributed by atoms with E-state index >= 15 is 0 Å². The molecule has 0 amide bonds. The molecule has 1 saturated heterocycles. The van der Waals surface area contributed by atoms with Gasteiger partial charge >= 0.3 is 0 Å². The number of nitrogens with zero attached hydrogens (tertiary/aromatic N) is 1. The van der Waals surface area contributed by atoms with Gasteiger partial charge in [-0.1, -0.05) is 6.07 Å². The maximum Gasteiger partial charge on any atom is 0.0697 e. The fourth-order valence-electron chi connectivity index (χ4n) is 3.09. The monoisotopic (exact) mass is 246 g/mol. The zero-order chi connectivity index (χ0) is 12.3. The van der Waals surface area contributed by atoms with Crippen molar-refractivity contribution in [2.45, 2.75) is 50.2 Å². The molecule has 18 heavy (non-hydrogen) atoms. The molecule has 1 aromatic rings. The lowest BCUT2D eigenvalue weighted by molar-refractivity contribution is -0.135. The van der Waals surface area contributed by atoms with E-state index in [9.17, 15) is 0 Å². The minimum Gasteiger partial charge on any atom is -0.375 e. The third kappa shape index (κ3) is 2.73. The highest BCUT2D eigenvalue weighted by atomic mass is 16.5. The average Bonchev–Trinajstić information content (AvgIpc) is 2.39. The number of ether oxygens (including phenoxy) is 1. The van der Waals surface area contributed by atoms with Gasteiger partial charge in [0.25, 0.3) is 0 Å². The molecule has 2 aliphatic rings. The molecule has 2 heterocycles. The molecule has 1 N–H and O–H groups in total. The summed E-state index contributed by atoms with van der Waals surface area (Å²) in [4.78, 5) is 4.15. The highest BCUT2D eigenvalue weighted by Gasteiger charge is 2.42. The van der Waals surface area contributed by atoms with E-state index < -0.39 is 0 Å². The van der Waals surface area contributed by atoms with Gasteiger partial charge in [-0.25, -0.2) is 0 Å². The summed E-state index contributed by atoms with van der Waals surface area (Å²) in [5, 5.41) is 3.69. The normalized spacial score (nSPS) is 25.9. The Labute approximate surface area is 109 Å². The van der Waals surface area contributed by atoms with Crippen LogP contribution in [0.5, 0.6) is 0 Å². The summed E-state index contributed by atoms with van der Waals surface area (Å²) in [6.45, 7) is 1.98. The van der Waals surface area contributed by atoms with Crippen molar-refractivity contribution < 1.29 is 4.74 Å². The SMILES string of the molecule is c1cncc(CCNC2CCOC3(CCC3)C2)c1. The number of rotatable bonds is 4. The molecular formula is C15H22N2O. The van der Waals surface area contributed by atoms with Gasteiger partial charge in [0.1, 0.15) is 0 Å². The van der Waals surface area contributed by atoms with Gasteiger partial charge in [-0.3, -0.25) is 4.98 Å². The van der Waals surface area contributed by atoms with E-state index in [0.717, 1.165) is 26.0 Å². The fraction of sp³-hybridized carbons (Fsp3) is 0.667. The summed E-state index contributed by atoms with van der Waals surface area (Å²) in [7, 11) is 0. The fourth-order valence-corrected chi connectivity index (χ4v) is 3.09. The van der Waals surface area contributed by atoms with Crippen LogP contribution in [-0.4, -0.2) is 29.8 Å². The first kappa shape index (κ1) is 12.1. The van der Waals surface area contributed by atoms with Crippen molar-refractivity contribution in [2.75, 3.05) is 13.2 Å². The van der Waals surface area contributed by atoms with Crippen molar-refractivity contribution in [3.8, 4) is 0 Å². The predicted molar refractivity (Wildman–Crippen MR) is 71.5 cm³/mol. The maximum absolute atomic E-state index is 5.95. The minimum atomic E-state index is 0.254. The van der Waals surface area contributed by atoms with E-state index in [1.54, 1.807) is 0 Å². The van der Waals surface area contributed by atoms with Gasteiger partial charge in [-0.15, -0.1) is 0 Å². The lowest BCUT2D eigenvalue weighted by Gasteiger charge is -2.47. The lowest BCUT2D eigenvalue weighted by atomic mass is 9.74. The zero-order valence-corrected chi connectivity index (χ0v) is 10.9. The molecule has 98 valence electrons. The van der Waals surface area contributed by atoms with Crippen molar-refractivity contribution >= 4 is 0 Å². The lowest BCUT2D eigenvalue weighted by Crippen LogP contribution is -2.51. The molecule has 0 aromatic carbocycles. The quantitative estimate of drug-likeness (QED) is 0.885. The molecule has 1 unspecified atom stereocenters. The van der Waals surface area contributed by atoms with E-state index in [1.807, 2.05) is 18.5 Å². The highest BCUT2D eigenvalue weighted by Crippen LogP contribution is 2.42. The molecule has 3 nitrogen and oxygen atoms in total. The second-order valence-corrected chi connectivity index (χ2v) is 5.64. The van der Waals surface area contributed by atoms with Crippen molar-refractivity contribution in [3.63, 3.8) is 0 Å². The number of hydrogen-bond donors (Lipinski definition) is 1. The van der Waals surface area contributed by atoms with E-state index in [0.29, 0.717) is 6.04 Å². The Kier molecular flexibility index (Phi) is 3.62. The van der Waals surface area contributed by atoms with Crippen molar-refractivity contribution in [1.29, 1.82) is 0 Å². The van der Waals surface area contributed by atoms with Crippen LogP contribution in [0.1, 0.15) is 37.7 Å². The Morgan fingerprint density at radius 2 is 2.39 bits per heavy atom.